The first-order valence-electron chi connectivity index (χ1n) is 8.03. The Morgan fingerprint density at radius 1 is 1.00 bits per heavy atom. The van der Waals surface area contributed by atoms with E-state index in [0.29, 0.717) is 5.56 Å². The number of imidazole rings is 1. The molecule has 4 rings (SSSR count). The normalized spacial score (nSPS) is 15.6. The molecule has 0 atom stereocenters. The lowest BCUT2D eigenvalue weighted by atomic mass is 10.1. The highest BCUT2D eigenvalue weighted by molar-refractivity contribution is 5.64. The van der Waals surface area contributed by atoms with Crippen molar-refractivity contribution in [2.45, 2.75) is 0 Å². The molecular formula is C18H18N6. The Kier molecular flexibility index (Phi) is 3.63. The number of hydrogen-bond donors (Lipinski definition) is 0. The zero-order valence-electron chi connectivity index (χ0n) is 13.6. The smallest absolute Gasteiger partial charge is 0.154 e. The Labute approximate surface area is 140 Å². The molecule has 0 saturated carbocycles. The molecule has 3 heterocycles. The fourth-order valence-electron chi connectivity index (χ4n) is 2.98. The topological polar surface area (TPSA) is 60.5 Å². The van der Waals surface area contributed by atoms with E-state index in [2.05, 4.69) is 27.9 Å². The number of rotatable bonds is 2. The Hall–Kier alpha value is -2.91. The second kappa shape index (κ2) is 5.95. The van der Waals surface area contributed by atoms with Crippen LogP contribution in [-0.4, -0.2) is 52.7 Å². The van der Waals surface area contributed by atoms with E-state index in [1.54, 1.807) is 0 Å². The van der Waals surface area contributed by atoms with Crippen molar-refractivity contribution in [3.63, 3.8) is 0 Å². The average Bonchev–Trinajstić information content (AvgIpc) is 3.05. The monoisotopic (exact) mass is 318 g/mol. The molecule has 0 aliphatic carbocycles. The summed E-state index contributed by atoms with van der Waals surface area (Å²) in [5.74, 6) is 0.975. The summed E-state index contributed by atoms with van der Waals surface area (Å²) in [5, 5.41) is 13.7. The highest BCUT2D eigenvalue weighted by Crippen LogP contribution is 2.22. The van der Waals surface area contributed by atoms with Gasteiger partial charge in [0.1, 0.15) is 5.82 Å². The Morgan fingerprint density at radius 2 is 1.75 bits per heavy atom. The average molecular weight is 318 g/mol. The first-order valence-corrected chi connectivity index (χ1v) is 8.03. The number of hydrogen-bond acceptors (Lipinski definition) is 5. The minimum Gasteiger partial charge on any atom is -0.353 e. The van der Waals surface area contributed by atoms with E-state index in [9.17, 15) is 0 Å². The third-order valence-corrected chi connectivity index (χ3v) is 4.49. The van der Waals surface area contributed by atoms with Crippen molar-refractivity contribution in [3.05, 3.63) is 48.2 Å². The molecule has 3 aromatic rings. The summed E-state index contributed by atoms with van der Waals surface area (Å²) in [6.45, 7) is 4.06. The SMILES string of the molecule is CN1CCN(c2ccc3ncc(-c4ccc(C#N)cc4)n3n2)CC1. The lowest BCUT2D eigenvalue weighted by molar-refractivity contribution is 0.311. The third-order valence-electron chi connectivity index (χ3n) is 4.49. The van der Waals surface area contributed by atoms with Crippen LogP contribution in [0.2, 0.25) is 0 Å². The maximum atomic E-state index is 8.94. The van der Waals surface area contributed by atoms with Crippen LogP contribution in [0.25, 0.3) is 16.9 Å². The van der Waals surface area contributed by atoms with Crippen molar-refractivity contribution in [2.24, 2.45) is 0 Å². The molecule has 2 aromatic heterocycles. The molecule has 0 amide bonds. The summed E-state index contributed by atoms with van der Waals surface area (Å²) < 4.78 is 1.88. The van der Waals surface area contributed by atoms with E-state index in [1.165, 1.54) is 0 Å². The van der Waals surface area contributed by atoms with Crippen LogP contribution in [-0.2, 0) is 0 Å². The largest absolute Gasteiger partial charge is 0.353 e. The van der Waals surface area contributed by atoms with E-state index in [4.69, 9.17) is 10.4 Å². The molecular weight excluding hydrogens is 300 g/mol. The highest BCUT2D eigenvalue weighted by Gasteiger charge is 2.16. The molecule has 1 aliphatic heterocycles. The molecule has 6 nitrogen and oxygen atoms in total. The zero-order chi connectivity index (χ0) is 16.5. The number of nitriles is 1. The van der Waals surface area contributed by atoms with E-state index < -0.39 is 0 Å². The van der Waals surface area contributed by atoms with Crippen LogP contribution in [0.4, 0.5) is 5.82 Å². The summed E-state index contributed by atoms with van der Waals surface area (Å²) in [7, 11) is 2.15. The van der Waals surface area contributed by atoms with Gasteiger partial charge in [-0.1, -0.05) is 12.1 Å². The molecule has 0 radical (unpaired) electrons. The fourth-order valence-corrected chi connectivity index (χ4v) is 2.98. The summed E-state index contributed by atoms with van der Waals surface area (Å²) >= 11 is 0. The number of anilines is 1. The molecule has 1 fully saturated rings. The first-order chi connectivity index (χ1) is 11.7. The van der Waals surface area contributed by atoms with Crippen molar-refractivity contribution in [1.29, 1.82) is 5.26 Å². The van der Waals surface area contributed by atoms with Crippen LogP contribution >= 0.6 is 0 Å². The van der Waals surface area contributed by atoms with Crippen LogP contribution in [0.3, 0.4) is 0 Å². The van der Waals surface area contributed by atoms with Crippen molar-refractivity contribution in [1.82, 2.24) is 19.5 Å². The van der Waals surface area contributed by atoms with Gasteiger partial charge in [0.25, 0.3) is 0 Å². The van der Waals surface area contributed by atoms with Crippen molar-refractivity contribution < 1.29 is 0 Å². The van der Waals surface area contributed by atoms with Crippen molar-refractivity contribution in [2.75, 3.05) is 38.1 Å². The van der Waals surface area contributed by atoms with Gasteiger partial charge in [-0.2, -0.15) is 5.26 Å². The van der Waals surface area contributed by atoms with Crippen molar-refractivity contribution in [3.8, 4) is 17.3 Å². The van der Waals surface area contributed by atoms with Gasteiger partial charge in [0, 0.05) is 31.7 Å². The van der Waals surface area contributed by atoms with Gasteiger partial charge < -0.3 is 9.80 Å². The predicted molar refractivity (Wildman–Crippen MR) is 92.8 cm³/mol. The molecule has 24 heavy (non-hydrogen) atoms. The van der Waals surface area contributed by atoms with E-state index in [1.807, 2.05) is 47.1 Å². The maximum absolute atomic E-state index is 8.94. The molecule has 0 N–H and O–H groups in total. The lowest BCUT2D eigenvalue weighted by Gasteiger charge is -2.33. The molecule has 1 aromatic carbocycles. The summed E-state index contributed by atoms with van der Waals surface area (Å²) in [6, 6.07) is 13.7. The minimum atomic E-state index is 0.652. The van der Waals surface area contributed by atoms with Gasteiger partial charge in [-0.3, -0.25) is 0 Å². The summed E-state index contributed by atoms with van der Waals surface area (Å²) in [5.41, 5.74) is 3.42. The molecule has 0 unspecified atom stereocenters. The van der Waals surface area contributed by atoms with Crippen molar-refractivity contribution >= 4 is 11.5 Å². The Morgan fingerprint density at radius 3 is 2.46 bits per heavy atom. The Balaban J connectivity index is 1.72. The number of likely N-dealkylation sites (N-methyl/N-ethyl adjacent to an activating group) is 1. The third kappa shape index (κ3) is 2.59. The van der Waals surface area contributed by atoms with Crippen LogP contribution in [0.5, 0.6) is 0 Å². The quantitative estimate of drug-likeness (QED) is 0.723. The molecule has 120 valence electrons. The number of piperazine rings is 1. The minimum absolute atomic E-state index is 0.652. The standard InChI is InChI=1S/C18H18N6/c1-22-8-10-23(11-9-22)18-7-6-17-20-13-16(24(17)21-18)15-4-2-14(12-19)3-5-15/h2-7,13H,8-11H2,1H3. The van der Waals surface area contributed by atoms with Gasteiger partial charge in [-0.15, -0.1) is 5.10 Å². The highest BCUT2D eigenvalue weighted by atomic mass is 15.4. The van der Waals surface area contributed by atoms with Gasteiger partial charge in [-0.05, 0) is 31.3 Å². The summed E-state index contributed by atoms with van der Waals surface area (Å²) in [4.78, 5) is 9.08. The second-order valence-electron chi connectivity index (χ2n) is 6.08. The predicted octanol–water partition coefficient (Wildman–Crippen LogP) is 2.02. The lowest BCUT2D eigenvalue weighted by Crippen LogP contribution is -2.44. The zero-order valence-corrected chi connectivity index (χ0v) is 13.6. The summed E-state index contributed by atoms with van der Waals surface area (Å²) in [6.07, 6.45) is 1.83. The molecule has 6 heteroatoms. The van der Waals surface area contributed by atoms with Crippen LogP contribution in [0, 0.1) is 11.3 Å². The number of benzene rings is 1. The van der Waals surface area contributed by atoms with Gasteiger partial charge in [0.2, 0.25) is 0 Å². The van der Waals surface area contributed by atoms with Gasteiger partial charge >= 0.3 is 0 Å². The number of fused-ring (bicyclic) bond motifs is 1. The number of aromatic nitrogens is 3. The van der Waals surface area contributed by atoms with E-state index in [0.717, 1.165) is 48.9 Å². The molecule has 1 aliphatic rings. The van der Waals surface area contributed by atoms with Gasteiger partial charge in [-0.25, -0.2) is 9.50 Å². The van der Waals surface area contributed by atoms with Crippen LogP contribution < -0.4 is 4.90 Å². The maximum Gasteiger partial charge on any atom is 0.154 e. The Bertz CT molecular complexity index is 897. The van der Waals surface area contributed by atoms with Gasteiger partial charge in [0.15, 0.2) is 5.65 Å². The first kappa shape index (κ1) is 14.7. The molecule has 0 bridgehead atoms. The second-order valence-corrected chi connectivity index (χ2v) is 6.08. The molecule has 0 spiro atoms. The van der Waals surface area contributed by atoms with E-state index in [-0.39, 0.29) is 0 Å². The molecule has 1 saturated heterocycles. The number of nitrogens with zero attached hydrogens (tertiary/aromatic N) is 6. The fraction of sp³-hybridized carbons (Fsp3) is 0.278. The van der Waals surface area contributed by atoms with Crippen LogP contribution in [0.15, 0.2) is 42.6 Å². The van der Waals surface area contributed by atoms with Gasteiger partial charge in [0.05, 0.1) is 23.5 Å². The van der Waals surface area contributed by atoms with Crippen LogP contribution in [0.1, 0.15) is 5.56 Å². The van der Waals surface area contributed by atoms with E-state index >= 15 is 0 Å².